The van der Waals surface area contributed by atoms with E-state index in [0.29, 0.717) is 20.7 Å². The van der Waals surface area contributed by atoms with Crippen molar-refractivity contribution in [1.29, 1.82) is 0 Å². The highest BCUT2D eigenvalue weighted by Crippen LogP contribution is 2.20. The maximum atomic E-state index is 13.0. The summed E-state index contributed by atoms with van der Waals surface area (Å²) in [7, 11) is 0. The number of oxime groups is 1. The van der Waals surface area contributed by atoms with Gasteiger partial charge in [0.05, 0.1) is 17.1 Å². The molecule has 2 aromatic rings. The maximum absolute atomic E-state index is 13.0. The summed E-state index contributed by atoms with van der Waals surface area (Å²) in [6, 6.07) is 11.1. The first kappa shape index (κ1) is 18.2. The van der Waals surface area contributed by atoms with Crippen LogP contribution in [0.2, 0.25) is 5.02 Å². The van der Waals surface area contributed by atoms with Crippen LogP contribution in [0.25, 0.3) is 0 Å². The zero-order valence-corrected chi connectivity index (χ0v) is 14.8. The van der Waals surface area contributed by atoms with Crippen LogP contribution in [0.4, 0.5) is 10.1 Å². The van der Waals surface area contributed by atoms with Gasteiger partial charge in [-0.3, -0.25) is 4.79 Å². The minimum atomic E-state index is -0.365. The van der Waals surface area contributed by atoms with Gasteiger partial charge in [0.2, 0.25) is 5.91 Å². The van der Waals surface area contributed by atoms with Crippen molar-refractivity contribution < 1.29 is 14.0 Å². The number of halogens is 3. The van der Waals surface area contributed by atoms with Crippen LogP contribution in [-0.4, -0.2) is 11.7 Å². The Hall–Kier alpha value is -2.12. The summed E-state index contributed by atoms with van der Waals surface area (Å²) in [5.41, 5.74) is 6.85. The average Bonchev–Trinajstić information content (AvgIpc) is 2.51. The lowest BCUT2D eigenvalue weighted by atomic mass is 10.2. The minimum absolute atomic E-state index is 0.0118. The van der Waals surface area contributed by atoms with Gasteiger partial charge in [-0.15, -0.1) is 0 Å². The third-order valence-corrected chi connectivity index (χ3v) is 3.97. The average molecular weight is 415 g/mol. The highest BCUT2D eigenvalue weighted by molar-refractivity contribution is 9.10. The molecule has 0 aliphatic heterocycles. The number of amidine groups is 1. The number of amides is 1. The van der Waals surface area contributed by atoms with Crippen molar-refractivity contribution in [1.82, 2.24) is 0 Å². The van der Waals surface area contributed by atoms with Crippen molar-refractivity contribution in [3.8, 4) is 0 Å². The van der Waals surface area contributed by atoms with E-state index in [4.69, 9.17) is 22.2 Å². The van der Waals surface area contributed by atoms with E-state index in [1.165, 1.54) is 12.1 Å². The molecule has 2 rings (SSSR count). The van der Waals surface area contributed by atoms with Gasteiger partial charge < -0.3 is 15.9 Å². The summed E-state index contributed by atoms with van der Waals surface area (Å²) in [6.45, 7) is 0.0910. The maximum Gasteiger partial charge on any atom is 0.232 e. The van der Waals surface area contributed by atoms with Crippen LogP contribution in [0.15, 0.2) is 52.1 Å². The minimum Gasteiger partial charge on any atom is -0.389 e. The first-order valence-electron chi connectivity index (χ1n) is 6.88. The van der Waals surface area contributed by atoms with E-state index in [0.717, 1.165) is 0 Å². The molecule has 0 aliphatic rings. The van der Waals surface area contributed by atoms with E-state index in [-0.39, 0.29) is 30.6 Å². The normalized spacial score (nSPS) is 11.2. The largest absolute Gasteiger partial charge is 0.389 e. The summed E-state index contributed by atoms with van der Waals surface area (Å²) in [6.07, 6.45) is -0.143. The summed E-state index contributed by atoms with van der Waals surface area (Å²) in [5, 5.41) is 6.73. The molecule has 24 heavy (non-hydrogen) atoms. The monoisotopic (exact) mass is 413 g/mol. The van der Waals surface area contributed by atoms with Crippen molar-refractivity contribution in [2.24, 2.45) is 10.9 Å². The van der Waals surface area contributed by atoms with E-state index in [1.54, 1.807) is 30.3 Å². The molecule has 1 amide bonds. The quantitative estimate of drug-likeness (QED) is 0.425. The zero-order chi connectivity index (χ0) is 17.5. The number of hydrogen-bond donors (Lipinski definition) is 2. The predicted molar refractivity (Wildman–Crippen MR) is 95.2 cm³/mol. The molecule has 0 radical (unpaired) electrons. The van der Waals surface area contributed by atoms with E-state index in [9.17, 15) is 9.18 Å². The molecule has 0 heterocycles. The van der Waals surface area contributed by atoms with Gasteiger partial charge in [-0.1, -0.05) is 50.9 Å². The fraction of sp³-hybridized carbons (Fsp3) is 0.125. The summed E-state index contributed by atoms with van der Waals surface area (Å²) >= 11 is 9.17. The molecule has 0 bridgehead atoms. The Labute approximate surface area is 151 Å². The van der Waals surface area contributed by atoms with Crippen LogP contribution < -0.4 is 11.1 Å². The van der Waals surface area contributed by atoms with Gasteiger partial charge in [0, 0.05) is 10.0 Å². The Bertz CT molecular complexity index is 771. The molecule has 0 atom stereocenters. The second kappa shape index (κ2) is 8.65. The molecule has 2 aromatic carbocycles. The SMILES string of the molecule is N/C(CC(=O)Nc1ccccc1Cl)=N/OCc1ccc(F)cc1Br. The standard InChI is InChI=1S/C16H14BrClFN3O2/c17-12-7-11(19)6-5-10(12)9-24-22-15(20)8-16(23)21-14-4-2-1-3-13(14)18/h1-7H,8-9H2,(H2,20,22)(H,21,23). The number of carbonyl (C=O) groups excluding carboxylic acids is 1. The van der Waals surface area contributed by atoms with Crippen LogP contribution in [0.5, 0.6) is 0 Å². The number of hydrogen-bond acceptors (Lipinski definition) is 3. The van der Waals surface area contributed by atoms with Gasteiger partial charge in [0.25, 0.3) is 0 Å². The topological polar surface area (TPSA) is 76.7 Å². The van der Waals surface area contributed by atoms with Crippen molar-refractivity contribution in [2.75, 3.05) is 5.32 Å². The lowest BCUT2D eigenvalue weighted by Crippen LogP contribution is -2.22. The predicted octanol–water partition coefficient (Wildman–Crippen LogP) is 4.06. The van der Waals surface area contributed by atoms with Gasteiger partial charge in [-0.2, -0.15) is 0 Å². The third kappa shape index (κ3) is 5.50. The van der Waals surface area contributed by atoms with E-state index in [1.807, 2.05) is 0 Å². The molecule has 3 N–H and O–H groups in total. The van der Waals surface area contributed by atoms with Crippen LogP contribution in [0.1, 0.15) is 12.0 Å². The van der Waals surface area contributed by atoms with E-state index >= 15 is 0 Å². The van der Waals surface area contributed by atoms with Crippen molar-refractivity contribution in [3.05, 3.63) is 63.3 Å². The number of carbonyl (C=O) groups is 1. The molecule has 0 aliphatic carbocycles. The van der Waals surface area contributed by atoms with Crippen LogP contribution in [-0.2, 0) is 16.2 Å². The van der Waals surface area contributed by atoms with Gasteiger partial charge >= 0.3 is 0 Å². The number of nitrogens with one attached hydrogen (secondary N) is 1. The molecule has 0 fully saturated rings. The Kier molecular flexibility index (Phi) is 6.57. The number of rotatable bonds is 6. The lowest BCUT2D eigenvalue weighted by Gasteiger charge is -2.07. The molecule has 0 unspecified atom stereocenters. The Morgan fingerprint density at radius 2 is 2.08 bits per heavy atom. The number of para-hydroxylation sites is 1. The molecule has 126 valence electrons. The number of nitrogens with two attached hydrogens (primary N) is 1. The van der Waals surface area contributed by atoms with E-state index < -0.39 is 0 Å². The van der Waals surface area contributed by atoms with Gasteiger partial charge in [-0.25, -0.2) is 4.39 Å². The molecule has 5 nitrogen and oxygen atoms in total. The summed E-state index contributed by atoms with van der Waals surface area (Å²) in [4.78, 5) is 16.9. The third-order valence-electron chi connectivity index (χ3n) is 2.91. The number of anilines is 1. The highest BCUT2D eigenvalue weighted by Gasteiger charge is 2.08. The fourth-order valence-electron chi connectivity index (χ4n) is 1.78. The first-order valence-corrected chi connectivity index (χ1v) is 8.05. The molecule has 8 heteroatoms. The first-order chi connectivity index (χ1) is 11.5. The number of benzene rings is 2. The highest BCUT2D eigenvalue weighted by atomic mass is 79.9. The second-order valence-electron chi connectivity index (χ2n) is 4.80. The summed E-state index contributed by atoms with van der Waals surface area (Å²) in [5.74, 6) is -0.710. The molecule has 0 saturated carbocycles. The van der Waals surface area contributed by atoms with Crippen LogP contribution in [0, 0.1) is 5.82 Å². The molecular formula is C16H14BrClFN3O2. The lowest BCUT2D eigenvalue weighted by molar-refractivity contribution is -0.115. The van der Waals surface area contributed by atoms with Crippen LogP contribution >= 0.6 is 27.5 Å². The number of nitrogens with zero attached hydrogens (tertiary/aromatic N) is 1. The van der Waals surface area contributed by atoms with Crippen LogP contribution in [0.3, 0.4) is 0 Å². The van der Waals surface area contributed by atoms with Crippen molar-refractivity contribution in [2.45, 2.75) is 13.0 Å². The molecule has 0 spiro atoms. The molecule has 0 aromatic heterocycles. The van der Waals surface area contributed by atoms with Crippen molar-refractivity contribution in [3.63, 3.8) is 0 Å². The fourth-order valence-corrected chi connectivity index (χ4v) is 2.43. The van der Waals surface area contributed by atoms with E-state index in [2.05, 4.69) is 26.4 Å². The Balaban J connectivity index is 1.85. The van der Waals surface area contributed by atoms with Gasteiger partial charge in [0.1, 0.15) is 18.3 Å². The Morgan fingerprint density at radius 1 is 1.33 bits per heavy atom. The summed E-state index contributed by atoms with van der Waals surface area (Å²) < 4.78 is 13.5. The van der Waals surface area contributed by atoms with Gasteiger partial charge in [-0.05, 0) is 24.3 Å². The molecular weight excluding hydrogens is 401 g/mol. The second-order valence-corrected chi connectivity index (χ2v) is 6.06. The smallest absolute Gasteiger partial charge is 0.232 e. The van der Waals surface area contributed by atoms with Gasteiger partial charge in [0.15, 0.2) is 0 Å². The zero-order valence-electron chi connectivity index (χ0n) is 12.4. The molecule has 0 saturated heterocycles. The Morgan fingerprint density at radius 3 is 2.79 bits per heavy atom. The van der Waals surface area contributed by atoms with Crippen molar-refractivity contribution >= 4 is 45.0 Å².